The topological polar surface area (TPSA) is 75.7 Å². The lowest BCUT2D eigenvalue weighted by atomic mass is 9.99. The summed E-state index contributed by atoms with van der Waals surface area (Å²) in [6, 6.07) is 24.3. The summed E-state index contributed by atoms with van der Waals surface area (Å²) in [5, 5.41) is 3.06. The maximum atomic E-state index is 12.8. The van der Waals surface area contributed by atoms with E-state index in [0.717, 1.165) is 15.4 Å². The van der Waals surface area contributed by atoms with Gasteiger partial charge in [-0.15, -0.1) is 0 Å². The van der Waals surface area contributed by atoms with Crippen LogP contribution in [0, 0.1) is 0 Å². The Bertz CT molecular complexity index is 1210. The van der Waals surface area contributed by atoms with Gasteiger partial charge in [0.15, 0.2) is 0 Å². The third kappa shape index (κ3) is 6.31. The third-order valence-corrected chi connectivity index (χ3v) is 7.01. The number of benzene rings is 3. The highest BCUT2D eigenvalue weighted by molar-refractivity contribution is 7.89. The van der Waals surface area contributed by atoms with Crippen molar-refractivity contribution in [3.05, 3.63) is 102 Å². The summed E-state index contributed by atoms with van der Waals surface area (Å²) in [6.07, 6.45) is 3.65. The average Bonchev–Trinajstić information content (AvgIpc) is 2.83. The van der Waals surface area contributed by atoms with Gasteiger partial charge in [-0.25, -0.2) is 12.7 Å². The van der Waals surface area contributed by atoms with Crippen LogP contribution in [-0.2, 0) is 21.2 Å². The van der Waals surface area contributed by atoms with Crippen molar-refractivity contribution in [1.82, 2.24) is 9.62 Å². The third-order valence-electron chi connectivity index (χ3n) is 5.17. The Balaban J connectivity index is 1.81. The summed E-state index contributed by atoms with van der Waals surface area (Å²) in [4.78, 5) is 12.8. The van der Waals surface area contributed by atoms with Crippen LogP contribution in [0.1, 0.15) is 22.7 Å². The van der Waals surface area contributed by atoms with Gasteiger partial charge in [0.25, 0.3) is 0 Å². The van der Waals surface area contributed by atoms with Gasteiger partial charge in [-0.1, -0.05) is 66.7 Å². The Morgan fingerprint density at radius 3 is 2.24 bits per heavy atom. The van der Waals surface area contributed by atoms with E-state index < -0.39 is 10.0 Å². The molecule has 1 atom stereocenters. The van der Waals surface area contributed by atoms with Gasteiger partial charge in [-0.2, -0.15) is 0 Å². The van der Waals surface area contributed by atoms with E-state index in [0.29, 0.717) is 12.0 Å². The van der Waals surface area contributed by atoms with Crippen molar-refractivity contribution in [3.63, 3.8) is 0 Å². The molecule has 33 heavy (non-hydrogen) atoms. The predicted molar refractivity (Wildman–Crippen MR) is 130 cm³/mol. The van der Waals surface area contributed by atoms with Crippen LogP contribution in [0.2, 0.25) is 0 Å². The van der Waals surface area contributed by atoms with E-state index in [1.165, 1.54) is 33.3 Å². The second-order valence-electron chi connectivity index (χ2n) is 7.69. The summed E-state index contributed by atoms with van der Waals surface area (Å²) >= 11 is 0. The highest BCUT2D eigenvalue weighted by Crippen LogP contribution is 2.27. The molecule has 172 valence electrons. The van der Waals surface area contributed by atoms with Gasteiger partial charge in [0.1, 0.15) is 10.6 Å². The van der Waals surface area contributed by atoms with Gasteiger partial charge in [0.05, 0.1) is 13.2 Å². The van der Waals surface area contributed by atoms with Crippen LogP contribution in [0.5, 0.6) is 5.75 Å². The number of carbonyl (C=O) groups is 1. The lowest BCUT2D eigenvalue weighted by Gasteiger charge is -2.19. The zero-order valence-corrected chi connectivity index (χ0v) is 19.7. The van der Waals surface area contributed by atoms with E-state index in [2.05, 4.69) is 5.32 Å². The first-order valence-corrected chi connectivity index (χ1v) is 11.9. The highest BCUT2D eigenvalue weighted by atomic mass is 32.2. The molecule has 6 nitrogen and oxygen atoms in total. The summed E-state index contributed by atoms with van der Waals surface area (Å²) in [5.74, 6) is -0.0232. The second kappa shape index (κ2) is 10.9. The fourth-order valence-corrected chi connectivity index (χ4v) is 4.46. The molecular formula is C26H28N2O4S. The summed E-state index contributed by atoms with van der Waals surface area (Å²) in [7, 11) is 0.643. The van der Waals surface area contributed by atoms with Crippen LogP contribution in [0.3, 0.4) is 0 Å². The molecule has 3 aromatic rings. The predicted octanol–water partition coefficient (Wildman–Crippen LogP) is 4.06. The van der Waals surface area contributed by atoms with Crippen molar-refractivity contribution >= 4 is 22.0 Å². The Kier molecular flexibility index (Phi) is 8.03. The monoisotopic (exact) mass is 464 g/mol. The van der Waals surface area contributed by atoms with Gasteiger partial charge in [0.2, 0.25) is 15.9 Å². The fourth-order valence-electron chi connectivity index (χ4n) is 3.37. The maximum absolute atomic E-state index is 12.8. The Morgan fingerprint density at radius 2 is 1.64 bits per heavy atom. The zero-order valence-electron chi connectivity index (χ0n) is 18.9. The van der Waals surface area contributed by atoms with Crippen molar-refractivity contribution in [2.75, 3.05) is 21.2 Å². The molecule has 3 aromatic carbocycles. The largest absolute Gasteiger partial charge is 0.495 e. The van der Waals surface area contributed by atoms with E-state index in [1.807, 2.05) is 60.7 Å². The molecule has 1 unspecified atom stereocenters. The molecule has 0 bridgehead atoms. The number of hydrogen-bond acceptors (Lipinski definition) is 4. The minimum atomic E-state index is -3.70. The number of hydrogen-bond donors (Lipinski definition) is 1. The molecule has 0 spiro atoms. The van der Waals surface area contributed by atoms with E-state index in [-0.39, 0.29) is 22.6 Å². The Labute approximate surface area is 195 Å². The van der Waals surface area contributed by atoms with E-state index in [9.17, 15) is 13.2 Å². The fraction of sp³-hybridized carbons (Fsp3) is 0.192. The van der Waals surface area contributed by atoms with Crippen molar-refractivity contribution < 1.29 is 17.9 Å². The van der Waals surface area contributed by atoms with Gasteiger partial charge in [-0.05, 0) is 41.3 Å². The first-order chi connectivity index (χ1) is 15.8. The van der Waals surface area contributed by atoms with E-state index in [1.54, 1.807) is 18.2 Å². The van der Waals surface area contributed by atoms with Crippen LogP contribution < -0.4 is 10.1 Å². The summed E-state index contributed by atoms with van der Waals surface area (Å²) in [5.41, 5.74) is 2.70. The van der Waals surface area contributed by atoms with Crippen LogP contribution >= 0.6 is 0 Å². The lowest BCUT2D eigenvalue weighted by molar-refractivity contribution is -0.117. The number of methoxy groups -OCH3 is 1. The summed E-state index contributed by atoms with van der Waals surface area (Å²) < 4.78 is 31.6. The molecular weight excluding hydrogens is 436 g/mol. The van der Waals surface area contributed by atoms with Crippen molar-refractivity contribution in [2.24, 2.45) is 0 Å². The molecule has 0 saturated carbocycles. The lowest BCUT2D eigenvalue weighted by Crippen LogP contribution is -2.28. The quantitative estimate of drug-likeness (QED) is 0.485. The molecule has 7 heteroatoms. The molecule has 0 fully saturated rings. The Hall–Kier alpha value is -3.42. The molecule has 1 N–H and O–H groups in total. The standard InChI is InChI=1S/C26H28N2O4S/c1-28(2)33(30,31)25-19-21(14-16-24(25)32-3)15-17-26(29)27-23(22-12-8-5-9-13-22)18-20-10-6-4-7-11-20/h4-17,19,23H,18H2,1-3H3,(H,27,29)/b17-15+. The number of nitrogens with one attached hydrogen (secondary N) is 1. The van der Waals surface area contributed by atoms with Crippen molar-refractivity contribution in [2.45, 2.75) is 17.4 Å². The molecule has 0 aromatic heterocycles. The molecule has 0 aliphatic heterocycles. The number of ether oxygens (including phenoxy) is 1. The van der Waals surface area contributed by atoms with Gasteiger partial charge in [0, 0.05) is 20.2 Å². The molecule has 0 saturated heterocycles. The molecule has 0 aliphatic carbocycles. The van der Waals surface area contributed by atoms with Crippen molar-refractivity contribution in [1.29, 1.82) is 0 Å². The second-order valence-corrected chi connectivity index (χ2v) is 9.81. The SMILES string of the molecule is COc1ccc(/C=C/C(=O)NC(Cc2ccccc2)c2ccccc2)cc1S(=O)(=O)N(C)C. The minimum Gasteiger partial charge on any atom is -0.495 e. The van der Waals surface area contributed by atoms with Gasteiger partial charge in [-0.3, -0.25) is 4.79 Å². The van der Waals surface area contributed by atoms with Gasteiger partial charge < -0.3 is 10.1 Å². The molecule has 0 heterocycles. The Morgan fingerprint density at radius 1 is 1.00 bits per heavy atom. The highest BCUT2D eigenvalue weighted by Gasteiger charge is 2.22. The molecule has 0 aliphatic rings. The minimum absolute atomic E-state index is 0.0452. The van der Waals surface area contributed by atoms with E-state index >= 15 is 0 Å². The number of rotatable bonds is 9. The van der Waals surface area contributed by atoms with Crippen LogP contribution in [0.4, 0.5) is 0 Å². The number of nitrogens with zero attached hydrogens (tertiary/aromatic N) is 1. The molecule has 3 rings (SSSR count). The normalized spacial score (nSPS) is 12.6. The average molecular weight is 465 g/mol. The molecule has 0 radical (unpaired) electrons. The molecule has 1 amide bonds. The van der Waals surface area contributed by atoms with Crippen LogP contribution in [0.25, 0.3) is 6.08 Å². The maximum Gasteiger partial charge on any atom is 0.246 e. The summed E-state index contributed by atoms with van der Waals surface area (Å²) in [6.45, 7) is 0. The van der Waals surface area contributed by atoms with Crippen molar-refractivity contribution in [3.8, 4) is 5.75 Å². The first-order valence-electron chi connectivity index (χ1n) is 10.5. The van der Waals surface area contributed by atoms with Crippen LogP contribution in [-0.4, -0.2) is 39.8 Å². The van der Waals surface area contributed by atoms with Gasteiger partial charge >= 0.3 is 0 Å². The van der Waals surface area contributed by atoms with E-state index in [4.69, 9.17) is 4.74 Å². The number of carbonyl (C=O) groups excluding carboxylic acids is 1. The van der Waals surface area contributed by atoms with Crippen LogP contribution in [0.15, 0.2) is 89.8 Å². The smallest absolute Gasteiger partial charge is 0.246 e. The zero-order chi connectivity index (χ0) is 23.8. The number of sulfonamides is 1. The number of amides is 1. The first kappa shape index (κ1) is 24.2.